The monoisotopic (exact) mass is 241 g/mol. The molecule has 0 bridgehead atoms. The summed E-state index contributed by atoms with van der Waals surface area (Å²) in [5, 5.41) is 2.99. The van der Waals surface area contributed by atoms with E-state index in [9.17, 15) is 4.79 Å². The second kappa shape index (κ2) is 7.67. The Morgan fingerprint density at radius 3 is 3.00 bits per heavy atom. The molecule has 4 heteroatoms. The van der Waals surface area contributed by atoms with Gasteiger partial charge in [0.25, 0.3) is 0 Å². The Morgan fingerprint density at radius 2 is 2.35 bits per heavy atom. The van der Waals surface area contributed by atoms with Crippen LogP contribution in [0, 0.1) is 5.92 Å². The predicted molar refractivity (Wildman–Crippen MR) is 70.7 cm³/mol. The van der Waals surface area contributed by atoms with Gasteiger partial charge in [0.15, 0.2) is 0 Å². The van der Waals surface area contributed by atoms with Gasteiger partial charge in [-0.05, 0) is 38.8 Å². The van der Waals surface area contributed by atoms with Crippen molar-refractivity contribution in [2.24, 2.45) is 11.7 Å². The van der Waals surface area contributed by atoms with E-state index in [1.807, 2.05) is 0 Å². The third-order valence-corrected chi connectivity index (χ3v) is 3.49. The van der Waals surface area contributed by atoms with Gasteiger partial charge in [-0.15, -0.1) is 0 Å². The molecular weight excluding hydrogens is 214 g/mol. The Balaban J connectivity index is 2.18. The van der Waals surface area contributed by atoms with E-state index in [1.54, 1.807) is 0 Å². The number of nitrogens with one attached hydrogen (secondary N) is 1. The molecule has 1 heterocycles. The number of rotatable bonds is 6. The van der Waals surface area contributed by atoms with E-state index in [4.69, 9.17) is 5.73 Å². The van der Waals surface area contributed by atoms with Crippen LogP contribution in [0.5, 0.6) is 0 Å². The first kappa shape index (κ1) is 14.5. The minimum atomic E-state index is -0.323. The molecule has 0 spiro atoms. The van der Waals surface area contributed by atoms with E-state index in [-0.39, 0.29) is 11.9 Å². The average molecular weight is 241 g/mol. The summed E-state index contributed by atoms with van der Waals surface area (Å²) in [5.74, 6) is 0.614. The lowest BCUT2D eigenvalue weighted by Crippen LogP contribution is -2.45. The average Bonchev–Trinajstić information content (AvgIpc) is 2.33. The van der Waals surface area contributed by atoms with Crippen LogP contribution in [-0.2, 0) is 4.79 Å². The molecule has 0 aliphatic carbocycles. The van der Waals surface area contributed by atoms with Crippen LogP contribution in [0.3, 0.4) is 0 Å². The Labute approximate surface area is 105 Å². The molecule has 2 atom stereocenters. The van der Waals surface area contributed by atoms with Crippen molar-refractivity contribution in [1.82, 2.24) is 10.2 Å². The lowest BCUT2D eigenvalue weighted by Gasteiger charge is -2.30. The highest BCUT2D eigenvalue weighted by molar-refractivity contribution is 5.81. The smallest absolute Gasteiger partial charge is 0.236 e. The molecule has 1 saturated heterocycles. The minimum absolute atomic E-state index is 0.0201. The van der Waals surface area contributed by atoms with Crippen molar-refractivity contribution in [3.8, 4) is 0 Å². The number of carbonyl (C=O) groups is 1. The zero-order chi connectivity index (χ0) is 12.7. The summed E-state index contributed by atoms with van der Waals surface area (Å²) < 4.78 is 0. The van der Waals surface area contributed by atoms with Gasteiger partial charge in [-0.1, -0.05) is 19.8 Å². The zero-order valence-corrected chi connectivity index (χ0v) is 11.2. The molecule has 0 aromatic rings. The molecule has 1 fully saturated rings. The fraction of sp³-hybridized carbons (Fsp3) is 0.923. The highest BCUT2D eigenvalue weighted by Gasteiger charge is 2.19. The van der Waals surface area contributed by atoms with E-state index in [1.165, 1.54) is 19.4 Å². The molecule has 0 aromatic carbocycles. The maximum Gasteiger partial charge on any atom is 0.236 e. The maximum atomic E-state index is 11.7. The van der Waals surface area contributed by atoms with Gasteiger partial charge >= 0.3 is 0 Å². The van der Waals surface area contributed by atoms with E-state index in [0.717, 1.165) is 32.4 Å². The van der Waals surface area contributed by atoms with Crippen LogP contribution in [0.1, 0.15) is 39.0 Å². The summed E-state index contributed by atoms with van der Waals surface area (Å²) >= 11 is 0. The lowest BCUT2D eigenvalue weighted by atomic mass is 9.98. The van der Waals surface area contributed by atoms with Gasteiger partial charge in [0, 0.05) is 13.1 Å². The van der Waals surface area contributed by atoms with Crippen molar-refractivity contribution in [3.63, 3.8) is 0 Å². The molecule has 0 radical (unpaired) electrons. The van der Waals surface area contributed by atoms with Gasteiger partial charge < -0.3 is 16.0 Å². The third kappa shape index (κ3) is 5.50. The number of amides is 1. The fourth-order valence-corrected chi connectivity index (χ4v) is 2.37. The maximum absolute atomic E-state index is 11.7. The number of hydrogen-bond acceptors (Lipinski definition) is 3. The zero-order valence-electron chi connectivity index (χ0n) is 11.2. The van der Waals surface area contributed by atoms with Gasteiger partial charge in [-0.25, -0.2) is 0 Å². The molecule has 1 unspecified atom stereocenters. The Kier molecular flexibility index (Phi) is 6.52. The predicted octanol–water partition coefficient (Wildman–Crippen LogP) is 0.962. The number of piperidine rings is 1. The second-order valence-corrected chi connectivity index (χ2v) is 5.26. The molecule has 0 saturated carbocycles. The number of nitrogens with two attached hydrogens (primary N) is 1. The topological polar surface area (TPSA) is 58.4 Å². The Hall–Kier alpha value is -0.610. The van der Waals surface area contributed by atoms with E-state index in [2.05, 4.69) is 24.2 Å². The molecule has 3 N–H and O–H groups in total. The molecule has 1 aliphatic heterocycles. The SMILES string of the molecule is CCCC[C@H](N)C(=O)NCC1CCCN(C)C1. The van der Waals surface area contributed by atoms with Gasteiger partial charge in [0.05, 0.1) is 6.04 Å². The van der Waals surface area contributed by atoms with Crippen LogP contribution in [-0.4, -0.2) is 43.5 Å². The number of unbranched alkanes of at least 4 members (excludes halogenated alkanes) is 1. The van der Waals surface area contributed by atoms with Crippen LogP contribution in [0.15, 0.2) is 0 Å². The van der Waals surface area contributed by atoms with Crippen LogP contribution in [0.4, 0.5) is 0 Å². The van der Waals surface area contributed by atoms with Crippen molar-refractivity contribution in [1.29, 1.82) is 0 Å². The van der Waals surface area contributed by atoms with Crippen LogP contribution in [0.25, 0.3) is 0 Å². The first-order valence-electron chi connectivity index (χ1n) is 6.85. The highest BCUT2D eigenvalue weighted by Crippen LogP contribution is 2.13. The van der Waals surface area contributed by atoms with E-state index in [0.29, 0.717) is 5.92 Å². The van der Waals surface area contributed by atoms with Crippen molar-refractivity contribution in [3.05, 3.63) is 0 Å². The van der Waals surface area contributed by atoms with Crippen LogP contribution < -0.4 is 11.1 Å². The van der Waals surface area contributed by atoms with Crippen molar-refractivity contribution in [2.75, 3.05) is 26.7 Å². The van der Waals surface area contributed by atoms with Gasteiger partial charge in [0.2, 0.25) is 5.91 Å². The quantitative estimate of drug-likeness (QED) is 0.728. The summed E-state index contributed by atoms with van der Waals surface area (Å²) in [5.41, 5.74) is 5.82. The number of carbonyl (C=O) groups excluding carboxylic acids is 1. The standard InChI is InChI=1S/C13H27N3O/c1-3-4-7-12(14)13(17)15-9-11-6-5-8-16(2)10-11/h11-12H,3-10,14H2,1-2H3,(H,15,17)/t11?,12-/m0/s1. The third-order valence-electron chi connectivity index (χ3n) is 3.49. The summed E-state index contributed by atoms with van der Waals surface area (Å²) in [6, 6.07) is -0.323. The first-order chi connectivity index (χ1) is 8.13. The number of likely N-dealkylation sites (tertiary alicyclic amines) is 1. The number of nitrogens with zero attached hydrogens (tertiary/aromatic N) is 1. The van der Waals surface area contributed by atoms with Gasteiger partial charge in [-0.3, -0.25) is 4.79 Å². The molecule has 4 nitrogen and oxygen atoms in total. The molecule has 1 aliphatic rings. The highest BCUT2D eigenvalue weighted by atomic mass is 16.2. The minimum Gasteiger partial charge on any atom is -0.354 e. The normalized spacial score (nSPS) is 23.4. The molecule has 1 amide bonds. The summed E-state index contributed by atoms with van der Waals surface area (Å²) in [6.45, 7) is 5.16. The summed E-state index contributed by atoms with van der Waals surface area (Å²) in [4.78, 5) is 14.1. The van der Waals surface area contributed by atoms with E-state index >= 15 is 0 Å². The van der Waals surface area contributed by atoms with E-state index < -0.39 is 0 Å². The Morgan fingerprint density at radius 1 is 1.59 bits per heavy atom. The first-order valence-corrected chi connectivity index (χ1v) is 6.85. The molecular formula is C13H27N3O. The molecule has 17 heavy (non-hydrogen) atoms. The van der Waals surface area contributed by atoms with Gasteiger partial charge in [-0.2, -0.15) is 0 Å². The molecule has 1 rings (SSSR count). The van der Waals surface area contributed by atoms with Crippen molar-refractivity contribution < 1.29 is 4.79 Å². The Bertz CT molecular complexity index is 233. The molecule has 0 aromatic heterocycles. The number of hydrogen-bond donors (Lipinski definition) is 2. The van der Waals surface area contributed by atoms with Crippen molar-refractivity contribution >= 4 is 5.91 Å². The largest absolute Gasteiger partial charge is 0.354 e. The fourth-order valence-electron chi connectivity index (χ4n) is 2.37. The van der Waals surface area contributed by atoms with Crippen molar-refractivity contribution in [2.45, 2.75) is 45.1 Å². The van der Waals surface area contributed by atoms with Crippen LogP contribution in [0.2, 0.25) is 0 Å². The summed E-state index contributed by atoms with van der Waals surface area (Å²) in [7, 11) is 2.14. The second-order valence-electron chi connectivity index (χ2n) is 5.26. The summed E-state index contributed by atoms with van der Waals surface area (Å²) in [6.07, 6.45) is 5.37. The lowest BCUT2D eigenvalue weighted by molar-refractivity contribution is -0.122. The van der Waals surface area contributed by atoms with Crippen LogP contribution >= 0.6 is 0 Å². The van der Waals surface area contributed by atoms with Gasteiger partial charge in [0.1, 0.15) is 0 Å². The molecule has 100 valence electrons.